The molecule has 2 aliphatic heterocycles. The third-order valence-corrected chi connectivity index (χ3v) is 3.53. The van der Waals surface area contributed by atoms with Crippen molar-refractivity contribution in [1.82, 2.24) is 0 Å². The number of hydrogen-bond donors (Lipinski definition) is 0. The highest BCUT2D eigenvalue weighted by atomic mass is 15.4. The summed E-state index contributed by atoms with van der Waals surface area (Å²) < 4.78 is 1.50. The number of hydrogen-bond acceptors (Lipinski definition) is 0. The maximum absolute atomic E-state index is 1.50. The van der Waals surface area contributed by atoms with Crippen molar-refractivity contribution in [3.63, 3.8) is 0 Å². The van der Waals surface area contributed by atoms with Gasteiger partial charge in [-0.05, 0) is 38.5 Å². The van der Waals surface area contributed by atoms with Crippen molar-refractivity contribution in [3.05, 3.63) is 0 Å². The summed E-state index contributed by atoms with van der Waals surface area (Å²) in [6.07, 6.45) is 9.00. The van der Waals surface area contributed by atoms with Crippen molar-refractivity contribution in [2.24, 2.45) is 0 Å². The highest BCUT2D eigenvalue weighted by molar-refractivity contribution is 4.59. The molecule has 2 fully saturated rings. The first kappa shape index (κ1) is 7.60. The first-order valence-corrected chi connectivity index (χ1v) is 5.26. The van der Waals surface area contributed by atoms with Crippen molar-refractivity contribution in [1.29, 1.82) is 0 Å². The predicted octanol–water partition coefficient (Wildman–Crippen LogP) is 2.17. The lowest BCUT2D eigenvalue weighted by atomic mass is 10.0. The van der Waals surface area contributed by atoms with Gasteiger partial charge in [0.25, 0.3) is 0 Å². The van der Waals surface area contributed by atoms with E-state index in [1.165, 1.54) is 69.2 Å². The normalized spacial score (nSPS) is 30.5. The standard InChI is InChI=1S/C10H20N/c1-3-7-11(8-4-1)9-5-2-6-10-11/h1-10H2/q+1. The van der Waals surface area contributed by atoms with Gasteiger partial charge in [-0.1, -0.05) is 0 Å². The fourth-order valence-electron chi connectivity index (χ4n) is 2.81. The molecule has 64 valence electrons. The third-order valence-electron chi connectivity index (χ3n) is 3.53. The molecule has 0 N–H and O–H groups in total. The third kappa shape index (κ3) is 1.58. The van der Waals surface area contributed by atoms with Crippen molar-refractivity contribution in [3.8, 4) is 0 Å². The number of quaternary nitrogens is 1. The molecule has 0 bridgehead atoms. The van der Waals surface area contributed by atoms with Crippen molar-refractivity contribution < 1.29 is 4.48 Å². The Morgan fingerprint density at radius 2 is 0.818 bits per heavy atom. The molecular weight excluding hydrogens is 134 g/mol. The first-order valence-electron chi connectivity index (χ1n) is 5.26. The van der Waals surface area contributed by atoms with Gasteiger partial charge in [-0.15, -0.1) is 0 Å². The van der Waals surface area contributed by atoms with E-state index < -0.39 is 0 Å². The van der Waals surface area contributed by atoms with E-state index in [-0.39, 0.29) is 0 Å². The molecule has 1 spiro atoms. The average Bonchev–Trinajstić information content (AvgIpc) is 2.07. The summed E-state index contributed by atoms with van der Waals surface area (Å²) in [5.74, 6) is 0. The van der Waals surface area contributed by atoms with E-state index in [1.807, 2.05) is 0 Å². The van der Waals surface area contributed by atoms with Crippen LogP contribution < -0.4 is 0 Å². The van der Waals surface area contributed by atoms with E-state index in [0.29, 0.717) is 0 Å². The summed E-state index contributed by atoms with van der Waals surface area (Å²) >= 11 is 0. The Bertz CT molecular complexity index is 99.3. The first-order chi connectivity index (χ1) is 5.41. The SMILES string of the molecule is C1CC[N+]2(CC1)CCCCC2. The second kappa shape index (κ2) is 3.14. The van der Waals surface area contributed by atoms with Gasteiger partial charge in [0.15, 0.2) is 0 Å². The molecule has 0 atom stereocenters. The molecule has 0 aliphatic carbocycles. The van der Waals surface area contributed by atoms with Crippen LogP contribution in [0.3, 0.4) is 0 Å². The molecule has 11 heavy (non-hydrogen) atoms. The van der Waals surface area contributed by atoms with E-state index in [0.717, 1.165) is 0 Å². The van der Waals surface area contributed by atoms with Gasteiger partial charge in [-0.2, -0.15) is 0 Å². The van der Waals surface area contributed by atoms with Gasteiger partial charge in [0, 0.05) is 0 Å². The molecule has 2 rings (SSSR count). The van der Waals surface area contributed by atoms with E-state index >= 15 is 0 Å². The quantitative estimate of drug-likeness (QED) is 0.469. The van der Waals surface area contributed by atoms with Crippen LogP contribution in [-0.2, 0) is 0 Å². The summed E-state index contributed by atoms with van der Waals surface area (Å²) in [7, 11) is 0. The molecule has 0 radical (unpaired) electrons. The van der Waals surface area contributed by atoms with Gasteiger partial charge >= 0.3 is 0 Å². The monoisotopic (exact) mass is 154 g/mol. The Kier molecular flexibility index (Phi) is 2.17. The molecule has 2 aliphatic rings. The Balaban J connectivity index is 1.94. The summed E-state index contributed by atoms with van der Waals surface area (Å²) in [4.78, 5) is 0. The van der Waals surface area contributed by atoms with Crippen LogP contribution in [0.1, 0.15) is 38.5 Å². The minimum Gasteiger partial charge on any atom is -0.324 e. The zero-order chi connectivity index (χ0) is 7.57. The van der Waals surface area contributed by atoms with Gasteiger partial charge < -0.3 is 4.48 Å². The number of rotatable bonds is 0. The molecule has 0 aromatic rings. The topological polar surface area (TPSA) is 0 Å². The largest absolute Gasteiger partial charge is 0.324 e. The Morgan fingerprint density at radius 3 is 1.18 bits per heavy atom. The second-order valence-electron chi connectivity index (χ2n) is 4.36. The maximum Gasteiger partial charge on any atom is 0.0786 e. The molecule has 2 heterocycles. The lowest BCUT2D eigenvalue weighted by molar-refractivity contribution is -0.936. The summed E-state index contributed by atoms with van der Waals surface area (Å²) in [6.45, 7) is 6.00. The molecular formula is C10H20N+. The van der Waals surface area contributed by atoms with Crippen LogP contribution in [0.5, 0.6) is 0 Å². The van der Waals surface area contributed by atoms with Gasteiger partial charge in [-0.25, -0.2) is 0 Å². The highest BCUT2D eigenvalue weighted by Crippen LogP contribution is 2.24. The minimum atomic E-state index is 1.50. The van der Waals surface area contributed by atoms with Gasteiger partial charge in [0.1, 0.15) is 0 Å². The van der Waals surface area contributed by atoms with E-state index in [1.54, 1.807) is 0 Å². The van der Waals surface area contributed by atoms with Gasteiger partial charge in [0.2, 0.25) is 0 Å². The molecule has 2 saturated heterocycles. The van der Waals surface area contributed by atoms with E-state index in [4.69, 9.17) is 0 Å². The molecule has 0 unspecified atom stereocenters. The number of piperidine rings is 2. The molecule has 0 saturated carbocycles. The van der Waals surface area contributed by atoms with E-state index in [9.17, 15) is 0 Å². The van der Waals surface area contributed by atoms with Crippen LogP contribution in [-0.4, -0.2) is 30.7 Å². The van der Waals surface area contributed by atoms with Gasteiger partial charge in [0.05, 0.1) is 26.2 Å². The van der Waals surface area contributed by atoms with Crippen LogP contribution in [0.15, 0.2) is 0 Å². The molecule has 1 nitrogen and oxygen atoms in total. The zero-order valence-corrected chi connectivity index (χ0v) is 7.52. The average molecular weight is 154 g/mol. The molecule has 0 aromatic carbocycles. The molecule has 1 heteroatoms. The minimum absolute atomic E-state index is 1.50. The van der Waals surface area contributed by atoms with Crippen LogP contribution in [0, 0.1) is 0 Å². The van der Waals surface area contributed by atoms with Crippen LogP contribution in [0.2, 0.25) is 0 Å². The Hall–Kier alpha value is -0.0400. The highest BCUT2D eigenvalue weighted by Gasteiger charge is 2.30. The van der Waals surface area contributed by atoms with Crippen LogP contribution in [0.25, 0.3) is 0 Å². The second-order valence-corrected chi connectivity index (χ2v) is 4.36. The maximum atomic E-state index is 1.50. The van der Waals surface area contributed by atoms with E-state index in [2.05, 4.69) is 0 Å². The fraction of sp³-hybridized carbons (Fsp3) is 1.00. The van der Waals surface area contributed by atoms with Crippen molar-refractivity contribution in [2.75, 3.05) is 26.2 Å². The molecule has 0 amide bonds. The summed E-state index contributed by atoms with van der Waals surface area (Å²) in [6, 6.07) is 0. The zero-order valence-electron chi connectivity index (χ0n) is 7.52. The predicted molar refractivity (Wildman–Crippen MR) is 47.4 cm³/mol. The number of nitrogens with zero attached hydrogens (tertiary/aromatic N) is 1. The summed E-state index contributed by atoms with van der Waals surface area (Å²) in [5, 5.41) is 0. The Labute approximate surface area is 70.0 Å². The molecule has 0 aromatic heterocycles. The smallest absolute Gasteiger partial charge is 0.0786 e. The van der Waals surface area contributed by atoms with Crippen LogP contribution in [0.4, 0.5) is 0 Å². The Morgan fingerprint density at radius 1 is 0.455 bits per heavy atom. The summed E-state index contributed by atoms with van der Waals surface area (Å²) in [5.41, 5.74) is 0. The lowest BCUT2D eigenvalue weighted by Gasteiger charge is -2.44. The van der Waals surface area contributed by atoms with Crippen molar-refractivity contribution in [2.45, 2.75) is 38.5 Å². The van der Waals surface area contributed by atoms with Crippen LogP contribution >= 0.6 is 0 Å². The van der Waals surface area contributed by atoms with Gasteiger partial charge in [-0.3, -0.25) is 0 Å². The fourth-order valence-corrected chi connectivity index (χ4v) is 2.81. The lowest BCUT2D eigenvalue weighted by Crippen LogP contribution is -2.54. The van der Waals surface area contributed by atoms with Crippen molar-refractivity contribution >= 4 is 0 Å².